The Hall–Kier alpha value is -1.01. The molecule has 1 atom stereocenters. The minimum absolute atomic E-state index is 0.408. The molecule has 1 aliphatic rings. The zero-order chi connectivity index (χ0) is 8.27. The van der Waals surface area contributed by atoms with Crippen molar-refractivity contribution < 1.29 is 4.79 Å². The van der Waals surface area contributed by atoms with Crippen molar-refractivity contribution in [3.05, 3.63) is 0 Å². The summed E-state index contributed by atoms with van der Waals surface area (Å²) in [6, 6.07) is -0.488. The molecule has 0 radical (unpaired) electrons. The Morgan fingerprint density at radius 3 is 2.45 bits per heavy atom. The van der Waals surface area contributed by atoms with Gasteiger partial charge in [0.15, 0.2) is 6.04 Å². The summed E-state index contributed by atoms with van der Waals surface area (Å²) in [5.74, 6) is 1.99. The van der Waals surface area contributed by atoms with E-state index in [1.54, 1.807) is 0 Å². The lowest BCUT2D eigenvalue weighted by Crippen LogP contribution is -2.42. The number of rotatable bonds is 2. The normalized spacial score (nSPS) is 21.0. The largest absolute Gasteiger partial charge is 0.367 e. The molecule has 1 amide bonds. The average Bonchev–Trinajstić information content (AvgIpc) is 2.40. The van der Waals surface area contributed by atoms with E-state index in [0.29, 0.717) is 0 Å². The molecule has 0 aromatic heterocycles. The molecular weight excluding hydrogens is 140 g/mol. The van der Waals surface area contributed by atoms with Crippen LogP contribution in [0, 0.1) is 12.3 Å². The van der Waals surface area contributed by atoms with Crippen LogP contribution in [0.5, 0.6) is 0 Å². The number of hydrogen-bond donors (Lipinski definition) is 1. The second-order valence-corrected chi connectivity index (χ2v) is 2.71. The van der Waals surface area contributed by atoms with Crippen molar-refractivity contribution in [2.24, 2.45) is 5.73 Å². The molecule has 0 aromatic carbocycles. The molecule has 1 heterocycles. The van der Waals surface area contributed by atoms with Crippen LogP contribution in [0.1, 0.15) is 12.8 Å². The molecule has 1 saturated heterocycles. The summed E-state index contributed by atoms with van der Waals surface area (Å²) in [7, 11) is 0. The van der Waals surface area contributed by atoms with Gasteiger partial charge in [-0.15, -0.1) is 6.42 Å². The highest BCUT2D eigenvalue weighted by Crippen LogP contribution is 2.10. The fraction of sp³-hybridized carbons (Fsp3) is 0.625. The third-order valence-corrected chi connectivity index (χ3v) is 1.93. The Kier molecular flexibility index (Phi) is 2.50. The SMILES string of the molecule is C#C[C@@H](C(N)=O)N1CCCC1. The molecule has 1 rings (SSSR count). The first-order valence-corrected chi connectivity index (χ1v) is 3.75. The average molecular weight is 152 g/mol. The van der Waals surface area contributed by atoms with E-state index >= 15 is 0 Å². The molecule has 1 aliphatic heterocycles. The quantitative estimate of drug-likeness (QED) is 0.546. The molecule has 2 N–H and O–H groups in total. The molecule has 0 unspecified atom stereocenters. The van der Waals surface area contributed by atoms with Crippen molar-refractivity contribution in [3.8, 4) is 12.3 Å². The van der Waals surface area contributed by atoms with Gasteiger partial charge in [-0.05, 0) is 25.9 Å². The van der Waals surface area contributed by atoms with Gasteiger partial charge in [0, 0.05) is 0 Å². The number of hydrogen-bond acceptors (Lipinski definition) is 2. The molecule has 0 saturated carbocycles. The first kappa shape index (κ1) is 8.09. The van der Waals surface area contributed by atoms with Crippen LogP contribution in [0.25, 0.3) is 0 Å². The molecular formula is C8H12N2O. The predicted octanol–water partition coefficient (Wildman–Crippen LogP) is -0.431. The second kappa shape index (κ2) is 3.40. The molecule has 0 bridgehead atoms. The molecule has 1 fully saturated rings. The van der Waals surface area contributed by atoms with Gasteiger partial charge in [0.05, 0.1) is 0 Å². The van der Waals surface area contributed by atoms with Gasteiger partial charge in [-0.1, -0.05) is 5.92 Å². The summed E-state index contributed by atoms with van der Waals surface area (Å²) in [5, 5.41) is 0. The zero-order valence-corrected chi connectivity index (χ0v) is 6.42. The van der Waals surface area contributed by atoms with Gasteiger partial charge >= 0.3 is 0 Å². The van der Waals surface area contributed by atoms with Gasteiger partial charge in [0.1, 0.15) is 0 Å². The van der Waals surface area contributed by atoms with Crippen molar-refractivity contribution in [1.29, 1.82) is 0 Å². The number of carbonyl (C=O) groups is 1. The summed E-state index contributed by atoms with van der Waals surface area (Å²) in [6.45, 7) is 1.80. The van der Waals surface area contributed by atoms with Crippen molar-refractivity contribution in [1.82, 2.24) is 4.90 Å². The van der Waals surface area contributed by atoms with Crippen LogP contribution in [-0.4, -0.2) is 29.9 Å². The van der Waals surface area contributed by atoms with Crippen molar-refractivity contribution in [2.75, 3.05) is 13.1 Å². The van der Waals surface area contributed by atoms with Gasteiger partial charge in [0.2, 0.25) is 5.91 Å². The first-order chi connectivity index (χ1) is 5.25. The maximum absolute atomic E-state index is 10.8. The van der Waals surface area contributed by atoms with Crippen LogP contribution >= 0.6 is 0 Å². The third-order valence-electron chi connectivity index (χ3n) is 1.93. The number of likely N-dealkylation sites (tertiary alicyclic amines) is 1. The Morgan fingerprint density at radius 2 is 2.09 bits per heavy atom. The summed E-state index contributed by atoms with van der Waals surface area (Å²) in [4.78, 5) is 12.7. The maximum atomic E-state index is 10.8. The van der Waals surface area contributed by atoms with Crippen LogP contribution < -0.4 is 5.73 Å². The topological polar surface area (TPSA) is 46.3 Å². The number of terminal acetylenes is 1. The lowest BCUT2D eigenvalue weighted by Gasteiger charge is -2.18. The van der Waals surface area contributed by atoms with Crippen molar-refractivity contribution >= 4 is 5.91 Å². The fourth-order valence-electron chi connectivity index (χ4n) is 1.37. The summed E-state index contributed by atoms with van der Waals surface area (Å²) in [5.41, 5.74) is 5.10. The number of nitrogens with zero attached hydrogens (tertiary/aromatic N) is 1. The highest BCUT2D eigenvalue weighted by atomic mass is 16.1. The lowest BCUT2D eigenvalue weighted by molar-refractivity contribution is -0.121. The van der Waals surface area contributed by atoms with E-state index < -0.39 is 11.9 Å². The Bertz CT molecular complexity index is 189. The Labute approximate surface area is 66.5 Å². The van der Waals surface area contributed by atoms with Crippen LogP contribution in [-0.2, 0) is 4.79 Å². The molecule has 0 aliphatic carbocycles. The highest BCUT2D eigenvalue weighted by Gasteiger charge is 2.23. The number of nitrogens with two attached hydrogens (primary N) is 1. The smallest absolute Gasteiger partial charge is 0.247 e. The van der Waals surface area contributed by atoms with E-state index in [1.807, 2.05) is 4.90 Å². The standard InChI is InChI=1S/C8H12N2O/c1-2-7(8(9)11)10-5-3-4-6-10/h1,7H,3-6H2,(H2,9,11)/t7-/m0/s1. The second-order valence-electron chi connectivity index (χ2n) is 2.71. The summed E-state index contributed by atoms with van der Waals surface area (Å²) in [6.07, 6.45) is 7.39. The highest BCUT2D eigenvalue weighted by molar-refractivity contribution is 5.83. The van der Waals surface area contributed by atoms with E-state index in [0.717, 1.165) is 25.9 Å². The Morgan fingerprint density at radius 1 is 1.55 bits per heavy atom. The first-order valence-electron chi connectivity index (χ1n) is 3.75. The van der Waals surface area contributed by atoms with Crippen molar-refractivity contribution in [2.45, 2.75) is 18.9 Å². The van der Waals surface area contributed by atoms with E-state index in [-0.39, 0.29) is 0 Å². The molecule has 3 heteroatoms. The van der Waals surface area contributed by atoms with E-state index in [9.17, 15) is 4.79 Å². The van der Waals surface area contributed by atoms with E-state index in [1.165, 1.54) is 0 Å². The van der Waals surface area contributed by atoms with Gasteiger partial charge in [0.25, 0.3) is 0 Å². The predicted molar refractivity (Wildman–Crippen MR) is 42.6 cm³/mol. The minimum atomic E-state index is -0.488. The number of carbonyl (C=O) groups excluding carboxylic acids is 1. The van der Waals surface area contributed by atoms with Gasteiger partial charge in [-0.25, -0.2) is 0 Å². The van der Waals surface area contributed by atoms with Crippen LogP contribution in [0.15, 0.2) is 0 Å². The van der Waals surface area contributed by atoms with E-state index in [4.69, 9.17) is 12.2 Å². The van der Waals surface area contributed by atoms with Gasteiger partial charge < -0.3 is 5.73 Å². The van der Waals surface area contributed by atoms with Crippen LogP contribution in [0.2, 0.25) is 0 Å². The number of primary amides is 1. The monoisotopic (exact) mass is 152 g/mol. The lowest BCUT2D eigenvalue weighted by atomic mass is 10.2. The van der Waals surface area contributed by atoms with Crippen molar-refractivity contribution in [3.63, 3.8) is 0 Å². The molecule has 60 valence electrons. The molecule has 11 heavy (non-hydrogen) atoms. The minimum Gasteiger partial charge on any atom is -0.367 e. The maximum Gasteiger partial charge on any atom is 0.247 e. The van der Waals surface area contributed by atoms with Crippen LogP contribution in [0.3, 0.4) is 0 Å². The Balaban J connectivity index is 2.55. The molecule has 0 aromatic rings. The third kappa shape index (κ3) is 1.72. The molecule has 0 spiro atoms. The fourth-order valence-corrected chi connectivity index (χ4v) is 1.37. The van der Waals surface area contributed by atoms with Gasteiger partial charge in [-0.2, -0.15) is 0 Å². The summed E-state index contributed by atoms with van der Waals surface area (Å²) < 4.78 is 0. The van der Waals surface area contributed by atoms with Crippen LogP contribution in [0.4, 0.5) is 0 Å². The molecule has 3 nitrogen and oxygen atoms in total. The number of amides is 1. The van der Waals surface area contributed by atoms with E-state index in [2.05, 4.69) is 5.92 Å². The summed E-state index contributed by atoms with van der Waals surface area (Å²) >= 11 is 0. The van der Waals surface area contributed by atoms with Gasteiger partial charge in [-0.3, -0.25) is 9.69 Å². The zero-order valence-electron chi connectivity index (χ0n) is 6.42.